The Morgan fingerprint density at radius 3 is 2.71 bits per heavy atom. The molecule has 1 aliphatic heterocycles. The van der Waals surface area contributed by atoms with Crippen molar-refractivity contribution in [2.45, 2.75) is 6.04 Å². The molecular formula is C15H12Br2FN3. The summed E-state index contributed by atoms with van der Waals surface area (Å²) in [4.78, 5) is 6.29. The Morgan fingerprint density at radius 2 is 2.00 bits per heavy atom. The molecule has 0 bridgehead atoms. The third-order valence-electron chi connectivity index (χ3n) is 3.40. The van der Waals surface area contributed by atoms with E-state index in [-0.39, 0.29) is 11.9 Å². The van der Waals surface area contributed by atoms with Gasteiger partial charge in [0.2, 0.25) is 0 Å². The Balaban J connectivity index is 2.00. The van der Waals surface area contributed by atoms with E-state index in [9.17, 15) is 4.39 Å². The van der Waals surface area contributed by atoms with Gasteiger partial charge in [-0.15, -0.1) is 0 Å². The molecule has 1 aliphatic rings. The van der Waals surface area contributed by atoms with Gasteiger partial charge in [-0.2, -0.15) is 0 Å². The first-order valence-corrected chi connectivity index (χ1v) is 7.94. The summed E-state index contributed by atoms with van der Waals surface area (Å²) in [6, 6.07) is 12.8. The van der Waals surface area contributed by atoms with Crippen LogP contribution in [0.1, 0.15) is 11.6 Å². The van der Waals surface area contributed by atoms with Gasteiger partial charge in [0, 0.05) is 10.2 Å². The molecule has 1 unspecified atom stereocenters. The molecule has 0 saturated heterocycles. The summed E-state index contributed by atoms with van der Waals surface area (Å²) in [6.45, 7) is 0.552. The van der Waals surface area contributed by atoms with Gasteiger partial charge in [-0.25, -0.2) is 4.39 Å². The van der Waals surface area contributed by atoms with Gasteiger partial charge < -0.3 is 10.6 Å². The number of rotatable bonds is 2. The van der Waals surface area contributed by atoms with Gasteiger partial charge >= 0.3 is 0 Å². The zero-order valence-corrected chi connectivity index (χ0v) is 14.1. The predicted molar refractivity (Wildman–Crippen MR) is 90.0 cm³/mol. The summed E-state index contributed by atoms with van der Waals surface area (Å²) >= 11 is 6.69. The molecule has 0 radical (unpaired) electrons. The van der Waals surface area contributed by atoms with Crippen LogP contribution in [0.2, 0.25) is 0 Å². The monoisotopic (exact) mass is 411 g/mol. The van der Waals surface area contributed by atoms with Crippen LogP contribution in [0.25, 0.3) is 0 Å². The highest BCUT2D eigenvalue weighted by atomic mass is 79.9. The van der Waals surface area contributed by atoms with Crippen molar-refractivity contribution in [3.63, 3.8) is 0 Å². The minimum Gasteiger partial charge on any atom is -0.369 e. The van der Waals surface area contributed by atoms with Crippen molar-refractivity contribution in [2.75, 3.05) is 11.4 Å². The highest BCUT2D eigenvalue weighted by molar-refractivity contribution is 9.10. The molecule has 0 aliphatic carbocycles. The lowest BCUT2D eigenvalue weighted by Gasteiger charge is -2.27. The van der Waals surface area contributed by atoms with Gasteiger partial charge in [-0.3, -0.25) is 4.99 Å². The maximum atomic E-state index is 13.4. The minimum atomic E-state index is -0.278. The Hall–Kier alpha value is -1.40. The lowest BCUT2D eigenvalue weighted by molar-refractivity contribution is 0.618. The van der Waals surface area contributed by atoms with Crippen LogP contribution >= 0.6 is 31.9 Å². The highest BCUT2D eigenvalue weighted by Gasteiger charge is 2.29. The summed E-state index contributed by atoms with van der Waals surface area (Å²) in [5.74, 6) is 0.193. The van der Waals surface area contributed by atoms with Gasteiger partial charge in [-0.05, 0) is 51.8 Å². The fourth-order valence-corrected chi connectivity index (χ4v) is 3.19. The number of benzene rings is 2. The average molecular weight is 413 g/mol. The first kappa shape index (κ1) is 14.5. The first-order chi connectivity index (χ1) is 10.1. The third-order valence-corrected chi connectivity index (χ3v) is 4.50. The number of nitrogens with two attached hydrogens (primary N) is 1. The van der Waals surface area contributed by atoms with Crippen molar-refractivity contribution in [1.29, 1.82) is 0 Å². The Bertz CT molecular complexity index is 718. The van der Waals surface area contributed by atoms with E-state index in [0.717, 1.165) is 15.7 Å². The largest absolute Gasteiger partial charge is 0.369 e. The molecule has 2 aromatic rings. The summed E-state index contributed by atoms with van der Waals surface area (Å²) in [5, 5.41) is 0. The SMILES string of the molecule is NC1=NCC(c2ccc(F)c(Br)c2)N1c1cccc(Br)c1. The van der Waals surface area contributed by atoms with Crippen LogP contribution in [-0.4, -0.2) is 12.5 Å². The van der Waals surface area contributed by atoms with Gasteiger partial charge in [0.05, 0.1) is 17.1 Å². The maximum Gasteiger partial charge on any atom is 0.196 e. The summed E-state index contributed by atoms with van der Waals surface area (Å²) < 4.78 is 14.8. The molecule has 0 aromatic heterocycles. The first-order valence-electron chi connectivity index (χ1n) is 6.36. The van der Waals surface area contributed by atoms with E-state index in [0.29, 0.717) is 17.0 Å². The van der Waals surface area contributed by atoms with Crippen molar-refractivity contribution < 1.29 is 4.39 Å². The van der Waals surface area contributed by atoms with Crippen molar-refractivity contribution in [3.05, 3.63) is 62.8 Å². The van der Waals surface area contributed by atoms with E-state index in [4.69, 9.17) is 5.73 Å². The molecule has 3 rings (SSSR count). The molecular weight excluding hydrogens is 401 g/mol. The van der Waals surface area contributed by atoms with Crippen LogP contribution in [0, 0.1) is 5.82 Å². The van der Waals surface area contributed by atoms with Crippen molar-refractivity contribution >= 4 is 43.5 Å². The van der Waals surface area contributed by atoms with Crippen LogP contribution in [0.3, 0.4) is 0 Å². The predicted octanol–water partition coefficient (Wildman–Crippen LogP) is 4.23. The summed E-state index contributed by atoms with van der Waals surface area (Å²) in [5.41, 5.74) is 7.95. The Kier molecular flexibility index (Phi) is 3.99. The standard InChI is InChI=1S/C15H12Br2FN3/c16-10-2-1-3-11(7-10)21-14(8-20-15(21)19)9-4-5-13(18)12(17)6-9/h1-7,14H,8H2,(H2,19,20). The van der Waals surface area contributed by atoms with Crippen molar-refractivity contribution in [3.8, 4) is 0 Å². The minimum absolute atomic E-state index is 0.0313. The van der Waals surface area contributed by atoms with Gasteiger partial charge in [-0.1, -0.05) is 28.1 Å². The molecule has 0 saturated carbocycles. The average Bonchev–Trinajstić information content (AvgIpc) is 2.84. The second-order valence-corrected chi connectivity index (χ2v) is 6.51. The lowest BCUT2D eigenvalue weighted by Crippen LogP contribution is -2.36. The maximum absolute atomic E-state index is 13.4. The van der Waals surface area contributed by atoms with Crippen LogP contribution in [-0.2, 0) is 0 Å². The topological polar surface area (TPSA) is 41.6 Å². The fraction of sp³-hybridized carbons (Fsp3) is 0.133. The van der Waals surface area contributed by atoms with E-state index < -0.39 is 0 Å². The quantitative estimate of drug-likeness (QED) is 0.801. The van der Waals surface area contributed by atoms with E-state index in [1.54, 1.807) is 12.1 Å². The van der Waals surface area contributed by atoms with Gasteiger partial charge in [0.1, 0.15) is 5.82 Å². The molecule has 6 heteroatoms. The van der Waals surface area contributed by atoms with Crippen LogP contribution < -0.4 is 10.6 Å². The van der Waals surface area contributed by atoms with Crippen LogP contribution in [0.5, 0.6) is 0 Å². The number of aliphatic imine (C=N–C) groups is 1. The number of nitrogens with zero attached hydrogens (tertiary/aromatic N) is 2. The van der Waals surface area contributed by atoms with Crippen LogP contribution in [0.4, 0.5) is 10.1 Å². The summed E-state index contributed by atoms with van der Waals surface area (Å²) in [7, 11) is 0. The second kappa shape index (κ2) is 5.77. The number of guanidine groups is 1. The molecule has 21 heavy (non-hydrogen) atoms. The van der Waals surface area contributed by atoms with Gasteiger partial charge in [0.25, 0.3) is 0 Å². The number of anilines is 1. The fourth-order valence-electron chi connectivity index (χ4n) is 2.41. The van der Waals surface area contributed by atoms with E-state index in [1.807, 2.05) is 29.2 Å². The molecule has 3 nitrogen and oxygen atoms in total. The van der Waals surface area contributed by atoms with E-state index in [2.05, 4.69) is 36.9 Å². The zero-order chi connectivity index (χ0) is 15.0. The molecule has 0 amide bonds. The third kappa shape index (κ3) is 2.82. The van der Waals surface area contributed by atoms with Crippen LogP contribution in [0.15, 0.2) is 56.4 Å². The zero-order valence-electron chi connectivity index (χ0n) is 10.9. The van der Waals surface area contributed by atoms with Gasteiger partial charge in [0.15, 0.2) is 5.96 Å². The molecule has 0 fully saturated rings. The molecule has 0 spiro atoms. The molecule has 1 atom stereocenters. The van der Waals surface area contributed by atoms with E-state index in [1.165, 1.54) is 6.07 Å². The highest BCUT2D eigenvalue weighted by Crippen LogP contribution is 2.33. The number of halogens is 3. The smallest absolute Gasteiger partial charge is 0.196 e. The molecule has 108 valence electrons. The molecule has 1 heterocycles. The Labute approximate surface area is 138 Å². The van der Waals surface area contributed by atoms with E-state index >= 15 is 0 Å². The molecule has 2 N–H and O–H groups in total. The number of hydrogen-bond acceptors (Lipinski definition) is 3. The lowest BCUT2D eigenvalue weighted by atomic mass is 10.1. The van der Waals surface area contributed by atoms with Crippen molar-refractivity contribution in [1.82, 2.24) is 0 Å². The Morgan fingerprint density at radius 1 is 1.19 bits per heavy atom. The second-order valence-electron chi connectivity index (χ2n) is 4.74. The normalized spacial score (nSPS) is 18.0. The molecule has 2 aromatic carbocycles. The van der Waals surface area contributed by atoms with Crippen molar-refractivity contribution in [2.24, 2.45) is 10.7 Å². The summed E-state index contributed by atoms with van der Waals surface area (Å²) in [6.07, 6.45) is 0. The number of hydrogen-bond donors (Lipinski definition) is 1.